The fraction of sp³-hybridized carbons (Fsp3) is 0.379. The lowest BCUT2D eigenvalue weighted by molar-refractivity contribution is -0.139. The number of hydrogen-bond acceptors (Lipinski definition) is 5. The second kappa shape index (κ2) is 11.2. The maximum absolute atomic E-state index is 14.9. The quantitative estimate of drug-likeness (QED) is 0.517. The van der Waals surface area contributed by atoms with Gasteiger partial charge in [0.2, 0.25) is 11.8 Å². The Balaban J connectivity index is 1.39. The Kier molecular flexibility index (Phi) is 7.62. The minimum atomic E-state index is -0.657. The minimum Gasteiger partial charge on any atom is -0.354 e. The summed E-state index contributed by atoms with van der Waals surface area (Å²) in [6.45, 7) is 3.62. The van der Waals surface area contributed by atoms with Crippen LogP contribution in [-0.2, 0) is 9.59 Å². The first-order chi connectivity index (χ1) is 18.4. The van der Waals surface area contributed by atoms with E-state index in [2.05, 4.69) is 10.2 Å². The highest BCUT2D eigenvalue weighted by Crippen LogP contribution is 2.38. The van der Waals surface area contributed by atoms with Crippen molar-refractivity contribution in [1.82, 2.24) is 20.0 Å². The highest BCUT2D eigenvalue weighted by Gasteiger charge is 2.42. The number of hydrogen-bond donors (Lipinski definition) is 0. The minimum absolute atomic E-state index is 0.0332. The van der Waals surface area contributed by atoms with Crippen molar-refractivity contribution >= 4 is 17.6 Å². The van der Waals surface area contributed by atoms with Crippen LogP contribution < -0.4 is 4.90 Å². The number of aromatic nitrogens is 2. The number of halogens is 2. The Morgan fingerprint density at radius 1 is 0.947 bits per heavy atom. The summed E-state index contributed by atoms with van der Waals surface area (Å²) in [6.07, 6.45) is 3.04. The molecule has 2 fully saturated rings. The second-order valence-corrected chi connectivity index (χ2v) is 9.97. The van der Waals surface area contributed by atoms with Crippen molar-refractivity contribution in [3.05, 3.63) is 89.6 Å². The molecule has 1 unspecified atom stereocenters. The number of anilines is 1. The van der Waals surface area contributed by atoms with Gasteiger partial charge in [0.05, 0.1) is 12.0 Å². The van der Waals surface area contributed by atoms with Gasteiger partial charge in [-0.15, -0.1) is 5.10 Å². The summed E-state index contributed by atoms with van der Waals surface area (Å²) >= 11 is 0. The number of carbonyl (C=O) groups excluding carboxylic acids is 2. The van der Waals surface area contributed by atoms with Gasteiger partial charge in [-0.1, -0.05) is 36.4 Å². The van der Waals surface area contributed by atoms with Gasteiger partial charge < -0.3 is 14.7 Å². The smallest absolute Gasteiger partial charge is 0.228 e. The molecule has 0 saturated carbocycles. The topological polar surface area (TPSA) is 69.6 Å². The third-order valence-corrected chi connectivity index (χ3v) is 7.67. The summed E-state index contributed by atoms with van der Waals surface area (Å²) in [6, 6.07) is 17.0. The van der Waals surface area contributed by atoms with Crippen LogP contribution in [0.4, 0.5) is 14.6 Å². The van der Waals surface area contributed by atoms with Crippen molar-refractivity contribution in [2.75, 3.05) is 37.6 Å². The molecule has 3 aromatic rings. The maximum Gasteiger partial charge on any atom is 0.228 e. The van der Waals surface area contributed by atoms with Crippen molar-refractivity contribution in [3.8, 4) is 0 Å². The van der Waals surface area contributed by atoms with Gasteiger partial charge >= 0.3 is 0 Å². The molecule has 2 aliphatic heterocycles. The van der Waals surface area contributed by atoms with Crippen molar-refractivity contribution in [3.63, 3.8) is 0 Å². The molecule has 1 aromatic heterocycles. The predicted octanol–water partition coefficient (Wildman–Crippen LogP) is 4.19. The van der Waals surface area contributed by atoms with E-state index in [4.69, 9.17) is 0 Å². The molecule has 198 valence electrons. The molecule has 2 amide bonds. The van der Waals surface area contributed by atoms with E-state index < -0.39 is 23.5 Å². The van der Waals surface area contributed by atoms with E-state index in [0.29, 0.717) is 44.1 Å². The molecule has 7 nitrogen and oxygen atoms in total. The first-order valence-electron chi connectivity index (χ1n) is 13.0. The molecule has 2 aliphatic rings. The van der Waals surface area contributed by atoms with Gasteiger partial charge in [0.25, 0.3) is 0 Å². The van der Waals surface area contributed by atoms with Crippen molar-refractivity contribution in [1.29, 1.82) is 0 Å². The highest BCUT2D eigenvalue weighted by atomic mass is 19.1. The third-order valence-electron chi connectivity index (χ3n) is 7.67. The Morgan fingerprint density at radius 3 is 2.47 bits per heavy atom. The highest BCUT2D eigenvalue weighted by molar-refractivity contribution is 5.82. The first kappa shape index (κ1) is 25.8. The molecule has 3 heterocycles. The van der Waals surface area contributed by atoms with E-state index in [1.807, 2.05) is 46.2 Å². The van der Waals surface area contributed by atoms with Gasteiger partial charge in [-0.3, -0.25) is 9.59 Å². The normalized spacial score (nSPS) is 22.2. The summed E-state index contributed by atoms with van der Waals surface area (Å²) in [4.78, 5) is 32.2. The molecule has 3 atom stereocenters. The van der Waals surface area contributed by atoms with E-state index in [1.165, 1.54) is 12.1 Å². The zero-order valence-corrected chi connectivity index (χ0v) is 21.3. The Bertz CT molecular complexity index is 1280. The van der Waals surface area contributed by atoms with Gasteiger partial charge in [-0.25, -0.2) is 8.78 Å². The van der Waals surface area contributed by atoms with E-state index in [9.17, 15) is 18.4 Å². The molecular formula is C29H31F2N5O2. The van der Waals surface area contributed by atoms with Crippen LogP contribution in [0.1, 0.15) is 42.9 Å². The van der Waals surface area contributed by atoms with E-state index in [-0.39, 0.29) is 17.9 Å². The zero-order valence-electron chi connectivity index (χ0n) is 21.3. The molecule has 0 bridgehead atoms. The molecule has 2 saturated heterocycles. The van der Waals surface area contributed by atoms with Crippen LogP contribution in [0.15, 0.2) is 66.9 Å². The molecule has 0 spiro atoms. The van der Waals surface area contributed by atoms with Crippen LogP contribution in [0.2, 0.25) is 0 Å². The van der Waals surface area contributed by atoms with E-state index in [0.717, 1.165) is 24.5 Å². The standard InChI is InChI=1S/C29H31F2N5O2/c1-20(37)36-16-15-34(14-6-9-27(36)21-7-3-2-4-8-21)29(38)25-19-35(28-10-5-13-32-33-28)18-24(25)23-12-11-22(30)17-26(23)31/h2-5,7-8,10-13,17,24-25,27H,6,9,14-16,18-19H2,1H3/t24-,25+,27?/m0/s1. The SMILES string of the molecule is CC(=O)N1CCN(C(=O)[C@@H]2CN(c3cccnn3)C[C@H]2c2ccc(F)cc2F)CCCC1c1ccccc1. The van der Waals surface area contributed by atoms with E-state index >= 15 is 0 Å². The zero-order chi connectivity index (χ0) is 26.6. The average Bonchev–Trinajstić information content (AvgIpc) is 3.34. The van der Waals surface area contributed by atoms with Crippen LogP contribution in [-0.4, -0.2) is 64.5 Å². The maximum atomic E-state index is 14.9. The third kappa shape index (κ3) is 5.37. The summed E-state index contributed by atoms with van der Waals surface area (Å²) in [5.41, 5.74) is 1.41. The number of benzene rings is 2. The van der Waals surface area contributed by atoms with Crippen molar-refractivity contribution in [2.45, 2.75) is 31.7 Å². The second-order valence-electron chi connectivity index (χ2n) is 9.97. The number of rotatable bonds is 4. The van der Waals surface area contributed by atoms with Crippen LogP contribution in [0, 0.1) is 17.6 Å². The molecule has 9 heteroatoms. The fourth-order valence-corrected chi connectivity index (χ4v) is 5.80. The fourth-order valence-electron chi connectivity index (χ4n) is 5.80. The largest absolute Gasteiger partial charge is 0.354 e. The van der Waals surface area contributed by atoms with Gasteiger partial charge in [0.15, 0.2) is 5.82 Å². The summed E-state index contributed by atoms with van der Waals surface area (Å²) in [5.74, 6) is -1.85. The molecule has 0 aliphatic carbocycles. The lowest BCUT2D eigenvalue weighted by Gasteiger charge is -2.38. The summed E-state index contributed by atoms with van der Waals surface area (Å²) in [7, 11) is 0. The van der Waals surface area contributed by atoms with E-state index in [1.54, 1.807) is 24.1 Å². The monoisotopic (exact) mass is 519 g/mol. The average molecular weight is 520 g/mol. The molecule has 0 N–H and O–H groups in total. The molecule has 0 radical (unpaired) electrons. The van der Waals surface area contributed by atoms with Gasteiger partial charge in [0, 0.05) is 57.8 Å². The summed E-state index contributed by atoms with van der Waals surface area (Å²) < 4.78 is 28.6. The first-order valence-corrected chi connectivity index (χ1v) is 13.0. The van der Waals surface area contributed by atoms with Crippen molar-refractivity contribution < 1.29 is 18.4 Å². The number of carbonyl (C=O) groups is 2. The molecule has 38 heavy (non-hydrogen) atoms. The lowest BCUT2D eigenvalue weighted by atomic mass is 9.87. The van der Waals surface area contributed by atoms with Crippen LogP contribution in [0.5, 0.6) is 0 Å². The van der Waals surface area contributed by atoms with Crippen LogP contribution in [0.25, 0.3) is 0 Å². The number of amides is 2. The molecule has 2 aromatic carbocycles. The predicted molar refractivity (Wildman–Crippen MR) is 139 cm³/mol. The van der Waals surface area contributed by atoms with Crippen LogP contribution in [0.3, 0.4) is 0 Å². The lowest BCUT2D eigenvalue weighted by Crippen LogP contribution is -2.47. The number of nitrogens with zero attached hydrogens (tertiary/aromatic N) is 5. The summed E-state index contributed by atoms with van der Waals surface area (Å²) in [5, 5.41) is 8.13. The Labute approximate surface area is 221 Å². The van der Waals surface area contributed by atoms with Crippen molar-refractivity contribution in [2.24, 2.45) is 5.92 Å². The van der Waals surface area contributed by atoms with Gasteiger partial charge in [-0.2, -0.15) is 5.10 Å². The van der Waals surface area contributed by atoms with Gasteiger partial charge in [0.1, 0.15) is 11.6 Å². The van der Waals surface area contributed by atoms with Gasteiger partial charge in [-0.05, 0) is 42.2 Å². The van der Waals surface area contributed by atoms with Crippen LogP contribution >= 0.6 is 0 Å². The Morgan fingerprint density at radius 2 is 1.76 bits per heavy atom. The molecular weight excluding hydrogens is 488 g/mol. The Hall–Kier alpha value is -3.88. The molecule has 5 rings (SSSR count).